The highest BCUT2D eigenvalue weighted by molar-refractivity contribution is 5.98. The van der Waals surface area contributed by atoms with E-state index in [4.69, 9.17) is 5.73 Å². The van der Waals surface area contributed by atoms with Gasteiger partial charge in [-0.15, -0.1) is 0 Å². The minimum absolute atomic E-state index is 0.110. The lowest BCUT2D eigenvalue weighted by molar-refractivity contribution is -0.118. The van der Waals surface area contributed by atoms with Crippen molar-refractivity contribution in [3.8, 4) is 5.75 Å². The first kappa shape index (κ1) is 14.9. The van der Waals surface area contributed by atoms with Gasteiger partial charge in [-0.25, -0.2) is 4.39 Å². The second kappa shape index (κ2) is 6.17. The van der Waals surface area contributed by atoms with E-state index in [0.717, 1.165) is 18.2 Å². The first-order valence-corrected chi connectivity index (χ1v) is 5.87. The zero-order valence-corrected chi connectivity index (χ0v) is 10.9. The molecule has 104 valence electrons. The number of primary amides is 1. The largest absolute Gasteiger partial charge is 0.507 e. The number of amides is 2. The van der Waals surface area contributed by atoms with Crippen molar-refractivity contribution >= 4 is 11.8 Å². The number of carbonyl (C=O) groups excluding carboxylic acids is 2. The third kappa shape index (κ3) is 4.24. The van der Waals surface area contributed by atoms with Crippen LogP contribution in [0.25, 0.3) is 0 Å². The van der Waals surface area contributed by atoms with Crippen LogP contribution in [-0.4, -0.2) is 34.9 Å². The summed E-state index contributed by atoms with van der Waals surface area (Å²) in [5, 5.41) is 9.59. The highest BCUT2D eigenvalue weighted by Gasteiger charge is 2.21. The molecule has 0 saturated carbocycles. The first-order valence-electron chi connectivity index (χ1n) is 5.87. The Balaban J connectivity index is 3.03. The Hall–Kier alpha value is -2.11. The van der Waals surface area contributed by atoms with Crippen molar-refractivity contribution in [1.82, 2.24) is 4.90 Å². The molecule has 0 unspecified atom stereocenters. The standard InChI is InChI=1S/C13H17FN2O3/c1-8(2)6-16(7-12(15)18)13(19)10-5-9(14)3-4-11(10)17/h3-5,8,17H,6-7H2,1-2H3,(H2,15,18). The van der Waals surface area contributed by atoms with Crippen LogP contribution in [0.15, 0.2) is 18.2 Å². The molecule has 0 aliphatic carbocycles. The number of phenols is 1. The lowest BCUT2D eigenvalue weighted by atomic mass is 10.1. The lowest BCUT2D eigenvalue weighted by Gasteiger charge is -2.23. The van der Waals surface area contributed by atoms with Crippen molar-refractivity contribution in [1.29, 1.82) is 0 Å². The molecular formula is C13H17FN2O3. The van der Waals surface area contributed by atoms with Crippen LogP contribution in [0, 0.1) is 11.7 Å². The number of aromatic hydroxyl groups is 1. The number of hydrogen-bond acceptors (Lipinski definition) is 3. The fourth-order valence-electron chi connectivity index (χ4n) is 1.70. The molecule has 3 N–H and O–H groups in total. The summed E-state index contributed by atoms with van der Waals surface area (Å²) in [6.07, 6.45) is 0. The summed E-state index contributed by atoms with van der Waals surface area (Å²) in [7, 11) is 0. The lowest BCUT2D eigenvalue weighted by Crippen LogP contribution is -2.40. The Morgan fingerprint density at radius 1 is 1.42 bits per heavy atom. The molecule has 5 nitrogen and oxygen atoms in total. The number of nitrogens with zero attached hydrogens (tertiary/aromatic N) is 1. The van der Waals surface area contributed by atoms with Gasteiger partial charge in [0.2, 0.25) is 5.91 Å². The van der Waals surface area contributed by atoms with Gasteiger partial charge in [0.15, 0.2) is 0 Å². The zero-order chi connectivity index (χ0) is 14.6. The average molecular weight is 268 g/mol. The van der Waals surface area contributed by atoms with Crippen LogP contribution in [0.3, 0.4) is 0 Å². The van der Waals surface area contributed by atoms with Crippen LogP contribution in [0.4, 0.5) is 4.39 Å². The van der Waals surface area contributed by atoms with E-state index in [1.165, 1.54) is 4.90 Å². The number of rotatable bonds is 5. The van der Waals surface area contributed by atoms with Gasteiger partial charge in [0.05, 0.1) is 12.1 Å². The van der Waals surface area contributed by atoms with Crippen molar-refractivity contribution in [3.05, 3.63) is 29.6 Å². The van der Waals surface area contributed by atoms with Gasteiger partial charge in [-0.1, -0.05) is 13.8 Å². The van der Waals surface area contributed by atoms with Crippen LogP contribution >= 0.6 is 0 Å². The maximum Gasteiger partial charge on any atom is 0.258 e. The molecule has 0 radical (unpaired) electrons. The van der Waals surface area contributed by atoms with E-state index in [9.17, 15) is 19.1 Å². The molecule has 2 amide bonds. The van der Waals surface area contributed by atoms with Gasteiger partial charge in [0.25, 0.3) is 5.91 Å². The number of phenolic OH excluding ortho intramolecular Hbond substituents is 1. The normalized spacial score (nSPS) is 10.5. The molecule has 1 rings (SSSR count). The van der Waals surface area contributed by atoms with E-state index in [2.05, 4.69) is 0 Å². The molecule has 0 spiro atoms. The Labute approximate surface area is 110 Å². The van der Waals surface area contributed by atoms with Crippen LogP contribution in [0.2, 0.25) is 0 Å². The third-order valence-electron chi connectivity index (χ3n) is 2.41. The van der Waals surface area contributed by atoms with Gasteiger partial charge in [0.1, 0.15) is 11.6 Å². The van der Waals surface area contributed by atoms with Crippen LogP contribution in [0.1, 0.15) is 24.2 Å². The molecule has 0 aliphatic rings. The molecule has 0 saturated heterocycles. The van der Waals surface area contributed by atoms with Crippen LogP contribution < -0.4 is 5.73 Å². The minimum Gasteiger partial charge on any atom is -0.507 e. The summed E-state index contributed by atoms with van der Waals surface area (Å²) in [4.78, 5) is 24.3. The van der Waals surface area contributed by atoms with Gasteiger partial charge in [-0.2, -0.15) is 0 Å². The molecule has 0 atom stereocenters. The molecule has 0 heterocycles. The number of benzene rings is 1. The Kier molecular flexibility index (Phi) is 4.86. The first-order chi connectivity index (χ1) is 8.81. The molecule has 1 aromatic rings. The van der Waals surface area contributed by atoms with E-state index < -0.39 is 17.6 Å². The summed E-state index contributed by atoms with van der Waals surface area (Å²) in [6, 6.07) is 3.08. The highest BCUT2D eigenvalue weighted by atomic mass is 19.1. The molecule has 0 bridgehead atoms. The van der Waals surface area contributed by atoms with Crippen LogP contribution in [-0.2, 0) is 4.79 Å². The van der Waals surface area contributed by atoms with Gasteiger partial charge in [-0.05, 0) is 24.1 Å². The van der Waals surface area contributed by atoms with Crippen LogP contribution in [0.5, 0.6) is 5.75 Å². The van der Waals surface area contributed by atoms with Gasteiger partial charge >= 0.3 is 0 Å². The SMILES string of the molecule is CC(C)CN(CC(N)=O)C(=O)c1cc(F)ccc1O. The predicted octanol–water partition coefficient (Wildman–Crippen LogP) is 1.11. The topological polar surface area (TPSA) is 83.6 Å². The van der Waals surface area contributed by atoms with Gasteiger partial charge in [-0.3, -0.25) is 9.59 Å². The summed E-state index contributed by atoms with van der Waals surface area (Å²) in [5.41, 5.74) is 4.90. The summed E-state index contributed by atoms with van der Waals surface area (Å²) in [5.74, 6) is -2.14. The summed E-state index contributed by atoms with van der Waals surface area (Å²) in [6.45, 7) is 3.75. The van der Waals surface area contributed by atoms with Crippen molar-refractivity contribution in [3.63, 3.8) is 0 Å². The van der Waals surface area contributed by atoms with Crippen molar-refractivity contribution in [2.45, 2.75) is 13.8 Å². The molecule has 0 fully saturated rings. The van der Waals surface area contributed by atoms with Crippen molar-refractivity contribution in [2.75, 3.05) is 13.1 Å². The van der Waals surface area contributed by atoms with Crippen molar-refractivity contribution in [2.24, 2.45) is 11.7 Å². The monoisotopic (exact) mass is 268 g/mol. The Bertz CT molecular complexity index is 489. The Morgan fingerprint density at radius 2 is 2.05 bits per heavy atom. The number of carbonyl (C=O) groups is 2. The second-order valence-electron chi connectivity index (χ2n) is 4.71. The molecule has 19 heavy (non-hydrogen) atoms. The van der Waals surface area contributed by atoms with E-state index in [1.807, 2.05) is 13.8 Å². The number of nitrogens with two attached hydrogens (primary N) is 1. The molecular weight excluding hydrogens is 251 g/mol. The molecule has 0 aromatic heterocycles. The highest BCUT2D eigenvalue weighted by Crippen LogP contribution is 2.20. The average Bonchev–Trinajstić information content (AvgIpc) is 2.29. The molecule has 1 aromatic carbocycles. The maximum absolute atomic E-state index is 13.1. The van der Waals surface area contributed by atoms with Gasteiger partial charge < -0.3 is 15.7 Å². The minimum atomic E-state index is -0.662. The fraction of sp³-hybridized carbons (Fsp3) is 0.385. The molecule has 0 aliphatic heterocycles. The quantitative estimate of drug-likeness (QED) is 0.839. The van der Waals surface area contributed by atoms with E-state index in [0.29, 0.717) is 0 Å². The fourth-order valence-corrected chi connectivity index (χ4v) is 1.70. The maximum atomic E-state index is 13.1. The van der Waals surface area contributed by atoms with E-state index in [-0.39, 0.29) is 30.3 Å². The number of hydrogen-bond donors (Lipinski definition) is 2. The van der Waals surface area contributed by atoms with E-state index >= 15 is 0 Å². The second-order valence-corrected chi connectivity index (χ2v) is 4.71. The predicted molar refractivity (Wildman–Crippen MR) is 68.0 cm³/mol. The number of halogens is 1. The Morgan fingerprint density at radius 3 is 2.58 bits per heavy atom. The van der Waals surface area contributed by atoms with E-state index in [1.54, 1.807) is 0 Å². The summed E-state index contributed by atoms with van der Waals surface area (Å²) < 4.78 is 13.1. The van der Waals surface area contributed by atoms with Crippen molar-refractivity contribution < 1.29 is 19.1 Å². The third-order valence-corrected chi connectivity index (χ3v) is 2.41. The van der Waals surface area contributed by atoms with Gasteiger partial charge in [0, 0.05) is 6.54 Å². The summed E-state index contributed by atoms with van der Waals surface area (Å²) >= 11 is 0. The molecule has 6 heteroatoms. The zero-order valence-electron chi connectivity index (χ0n) is 10.9. The smallest absolute Gasteiger partial charge is 0.258 e.